The van der Waals surface area contributed by atoms with Gasteiger partial charge in [0.1, 0.15) is 11.7 Å². The van der Waals surface area contributed by atoms with Gasteiger partial charge in [-0.1, -0.05) is 6.07 Å². The van der Waals surface area contributed by atoms with Crippen molar-refractivity contribution < 1.29 is 9.53 Å². The predicted molar refractivity (Wildman–Crippen MR) is 85.4 cm³/mol. The van der Waals surface area contributed by atoms with Gasteiger partial charge in [-0.2, -0.15) is 0 Å². The van der Waals surface area contributed by atoms with Crippen LogP contribution in [0.4, 0.5) is 0 Å². The molecule has 0 aromatic carbocycles. The Hall–Kier alpha value is -2.63. The van der Waals surface area contributed by atoms with Crippen LogP contribution in [0.25, 0.3) is 0 Å². The van der Waals surface area contributed by atoms with Crippen molar-refractivity contribution in [3.63, 3.8) is 0 Å². The highest BCUT2D eigenvalue weighted by Gasteiger charge is 2.24. The van der Waals surface area contributed by atoms with E-state index in [4.69, 9.17) is 4.74 Å². The summed E-state index contributed by atoms with van der Waals surface area (Å²) >= 11 is 0. The number of amides is 1. The van der Waals surface area contributed by atoms with Crippen LogP contribution in [-0.2, 0) is 0 Å². The molecule has 120 valence electrons. The van der Waals surface area contributed by atoms with Crippen LogP contribution < -0.4 is 15.6 Å². The largest absolute Gasteiger partial charge is 0.474 e. The van der Waals surface area contributed by atoms with Gasteiger partial charge in [0.25, 0.3) is 11.5 Å². The van der Waals surface area contributed by atoms with Crippen LogP contribution in [0.5, 0.6) is 5.88 Å². The molecule has 2 aromatic rings. The molecule has 1 aliphatic carbocycles. The minimum Gasteiger partial charge on any atom is -0.474 e. The number of nitrogens with one attached hydrogen (secondary N) is 2. The zero-order chi connectivity index (χ0) is 16.1. The Labute approximate surface area is 133 Å². The fourth-order valence-electron chi connectivity index (χ4n) is 2.78. The Morgan fingerprint density at radius 3 is 2.70 bits per heavy atom. The van der Waals surface area contributed by atoms with Gasteiger partial charge in [0.05, 0.1) is 0 Å². The SMILES string of the molecule is O=C(NC1CCC(Oc2ccccn2)CC1)c1ccc[nH]c1=O. The number of nitrogens with zero attached hydrogens (tertiary/aromatic N) is 1. The van der Waals surface area contributed by atoms with Gasteiger partial charge in [-0.3, -0.25) is 9.59 Å². The Balaban J connectivity index is 1.50. The van der Waals surface area contributed by atoms with Gasteiger partial charge in [0.2, 0.25) is 5.88 Å². The first-order valence-corrected chi connectivity index (χ1v) is 7.78. The number of pyridine rings is 2. The number of carbonyl (C=O) groups excluding carboxylic acids is 1. The quantitative estimate of drug-likeness (QED) is 0.903. The highest BCUT2D eigenvalue weighted by Crippen LogP contribution is 2.22. The topological polar surface area (TPSA) is 84.1 Å². The molecule has 0 spiro atoms. The van der Waals surface area contributed by atoms with E-state index in [1.807, 2.05) is 18.2 Å². The number of carbonyl (C=O) groups is 1. The first kappa shape index (κ1) is 15.3. The van der Waals surface area contributed by atoms with Crippen LogP contribution in [0, 0.1) is 0 Å². The van der Waals surface area contributed by atoms with E-state index in [-0.39, 0.29) is 29.2 Å². The minimum absolute atomic E-state index is 0.0747. The lowest BCUT2D eigenvalue weighted by Crippen LogP contribution is -2.41. The van der Waals surface area contributed by atoms with Crippen molar-refractivity contribution in [2.75, 3.05) is 0 Å². The lowest BCUT2D eigenvalue weighted by molar-refractivity contribution is 0.0888. The van der Waals surface area contributed by atoms with Crippen LogP contribution in [-0.4, -0.2) is 28.0 Å². The van der Waals surface area contributed by atoms with Crippen molar-refractivity contribution in [2.24, 2.45) is 0 Å². The third-order valence-electron chi connectivity index (χ3n) is 4.00. The molecule has 6 heteroatoms. The molecule has 0 radical (unpaired) electrons. The van der Waals surface area contributed by atoms with Crippen LogP contribution in [0.2, 0.25) is 0 Å². The first-order valence-electron chi connectivity index (χ1n) is 7.78. The number of H-pyrrole nitrogens is 1. The van der Waals surface area contributed by atoms with E-state index in [1.165, 1.54) is 12.3 Å². The van der Waals surface area contributed by atoms with Crippen molar-refractivity contribution in [2.45, 2.75) is 37.8 Å². The normalized spacial score (nSPS) is 20.7. The Morgan fingerprint density at radius 1 is 1.17 bits per heavy atom. The summed E-state index contributed by atoms with van der Waals surface area (Å²) in [5.41, 5.74) is -0.212. The fraction of sp³-hybridized carbons (Fsp3) is 0.353. The van der Waals surface area contributed by atoms with Gasteiger partial charge in [-0.05, 0) is 43.9 Å². The van der Waals surface area contributed by atoms with Crippen molar-refractivity contribution in [3.8, 4) is 5.88 Å². The van der Waals surface area contributed by atoms with Crippen molar-refractivity contribution in [1.29, 1.82) is 0 Å². The van der Waals surface area contributed by atoms with Gasteiger partial charge >= 0.3 is 0 Å². The summed E-state index contributed by atoms with van der Waals surface area (Å²) in [5.74, 6) is 0.316. The van der Waals surface area contributed by atoms with Crippen LogP contribution in [0.15, 0.2) is 47.5 Å². The van der Waals surface area contributed by atoms with Crippen molar-refractivity contribution >= 4 is 5.91 Å². The van der Waals surface area contributed by atoms with E-state index in [1.54, 1.807) is 12.3 Å². The molecule has 0 bridgehead atoms. The molecule has 0 unspecified atom stereocenters. The lowest BCUT2D eigenvalue weighted by atomic mass is 9.92. The van der Waals surface area contributed by atoms with Crippen molar-refractivity contribution in [1.82, 2.24) is 15.3 Å². The molecule has 6 nitrogen and oxygen atoms in total. The van der Waals surface area contributed by atoms with E-state index in [0.29, 0.717) is 5.88 Å². The zero-order valence-corrected chi connectivity index (χ0v) is 12.7. The van der Waals surface area contributed by atoms with Crippen LogP contribution >= 0.6 is 0 Å². The van der Waals surface area contributed by atoms with Crippen LogP contribution in [0.3, 0.4) is 0 Å². The third-order valence-corrected chi connectivity index (χ3v) is 4.00. The molecule has 3 rings (SSSR count). The summed E-state index contributed by atoms with van der Waals surface area (Å²) in [7, 11) is 0. The van der Waals surface area contributed by atoms with Gasteiger partial charge in [0.15, 0.2) is 0 Å². The second-order valence-electron chi connectivity index (χ2n) is 5.65. The van der Waals surface area contributed by atoms with E-state index >= 15 is 0 Å². The fourth-order valence-corrected chi connectivity index (χ4v) is 2.78. The monoisotopic (exact) mass is 313 g/mol. The van der Waals surface area contributed by atoms with Crippen LogP contribution in [0.1, 0.15) is 36.0 Å². The lowest BCUT2D eigenvalue weighted by Gasteiger charge is -2.29. The molecule has 1 fully saturated rings. The molecule has 2 heterocycles. The van der Waals surface area contributed by atoms with Crippen molar-refractivity contribution in [3.05, 3.63) is 58.6 Å². The molecule has 0 atom stereocenters. The number of aromatic amines is 1. The highest BCUT2D eigenvalue weighted by atomic mass is 16.5. The maximum Gasteiger partial charge on any atom is 0.260 e. The minimum atomic E-state index is -0.364. The summed E-state index contributed by atoms with van der Waals surface area (Å²) in [5, 5.41) is 2.93. The van der Waals surface area contributed by atoms with E-state index < -0.39 is 0 Å². The first-order chi connectivity index (χ1) is 11.2. The summed E-state index contributed by atoms with van der Waals surface area (Å²) in [6, 6.07) is 8.84. The number of hydrogen-bond acceptors (Lipinski definition) is 4. The number of ether oxygens (including phenoxy) is 1. The molecule has 1 amide bonds. The molecule has 0 saturated heterocycles. The average molecular weight is 313 g/mol. The molecule has 1 saturated carbocycles. The number of aromatic nitrogens is 2. The van der Waals surface area contributed by atoms with E-state index in [9.17, 15) is 9.59 Å². The van der Waals surface area contributed by atoms with Gasteiger partial charge in [-0.25, -0.2) is 4.98 Å². The molecule has 23 heavy (non-hydrogen) atoms. The molecule has 2 N–H and O–H groups in total. The number of hydrogen-bond donors (Lipinski definition) is 2. The van der Waals surface area contributed by atoms with Gasteiger partial charge < -0.3 is 15.0 Å². The summed E-state index contributed by atoms with van der Waals surface area (Å²) in [4.78, 5) is 30.4. The highest BCUT2D eigenvalue weighted by molar-refractivity contribution is 5.93. The molecule has 0 aliphatic heterocycles. The molecule has 2 aromatic heterocycles. The summed E-state index contributed by atoms with van der Waals surface area (Å²) in [6.07, 6.45) is 6.71. The number of rotatable bonds is 4. The zero-order valence-electron chi connectivity index (χ0n) is 12.7. The van der Waals surface area contributed by atoms with E-state index in [2.05, 4.69) is 15.3 Å². The maximum absolute atomic E-state index is 12.1. The Bertz CT molecular complexity index is 706. The Kier molecular flexibility index (Phi) is 4.71. The second kappa shape index (κ2) is 7.09. The molecule has 1 aliphatic rings. The second-order valence-corrected chi connectivity index (χ2v) is 5.65. The van der Waals surface area contributed by atoms with Gasteiger partial charge in [0, 0.05) is 24.5 Å². The molecular weight excluding hydrogens is 294 g/mol. The Morgan fingerprint density at radius 2 is 2.00 bits per heavy atom. The maximum atomic E-state index is 12.1. The molecular formula is C17H19N3O3. The average Bonchev–Trinajstić information content (AvgIpc) is 2.58. The van der Waals surface area contributed by atoms with E-state index in [0.717, 1.165) is 25.7 Å². The summed E-state index contributed by atoms with van der Waals surface area (Å²) in [6.45, 7) is 0. The predicted octanol–water partition coefficient (Wildman–Crippen LogP) is 1.89. The smallest absolute Gasteiger partial charge is 0.260 e. The third kappa shape index (κ3) is 3.97. The van der Waals surface area contributed by atoms with Gasteiger partial charge in [-0.15, -0.1) is 0 Å². The summed E-state index contributed by atoms with van der Waals surface area (Å²) < 4.78 is 5.83. The standard InChI is InChI=1S/C17H19N3O3/c21-16-14(4-3-11-19-16)17(22)20-12-6-8-13(9-7-12)23-15-5-1-2-10-18-15/h1-5,10-13H,6-9H2,(H,19,21)(H,20,22).